The third-order valence-corrected chi connectivity index (χ3v) is 5.20. The van der Waals surface area contributed by atoms with Gasteiger partial charge in [-0.3, -0.25) is 0 Å². The fourth-order valence-electron chi connectivity index (χ4n) is 2.34. The zero-order valence-electron chi connectivity index (χ0n) is 10.8. The van der Waals surface area contributed by atoms with E-state index in [2.05, 4.69) is 13.8 Å². The highest BCUT2D eigenvalue weighted by Gasteiger charge is 2.33. The standard InChI is InChI=1S/C13H19NO3S/c1-13(2)8-3-9-14(10-13)18(16,17)12-6-4-11(15)5-7-12/h4-7,15H,3,8-10H2,1-2H3. The van der Waals surface area contributed by atoms with Crippen LogP contribution in [0.25, 0.3) is 0 Å². The highest BCUT2D eigenvalue weighted by molar-refractivity contribution is 7.89. The van der Waals surface area contributed by atoms with Crippen molar-refractivity contribution in [3.05, 3.63) is 24.3 Å². The van der Waals surface area contributed by atoms with Crippen molar-refractivity contribution in [2.45, 2.75) is 31.6 Å². The van der Waals surface area contributed by atoms with E-state index in [1.807, 2.05) is 0 Å². The van der Waals surface area contributed by atoms with Gasteiger partial charge in [-0.05, 0) is 42.5 Å². The maximum atomic E-state index is 12.4. The molecule has 0 bridgehead atoms. The van der Waals surface area contributed by atoms with Crippen LogP contribution in [0.3, 0.4) is 0 Å². The van der Waals surface area contributed by atoms with Crippen LogP contribution in [0, 0.1) is 5.41 Å². The number of sulfonamides is 1. The third-order valence-electron chi connectivity index (χ3n) is 3.34. The summed E-state index contributed by atoms with van der Waals surface area (Å²) in [6.07, 6.45) is 1.94. The van der Waals surface area contributed by atoms with Crippen molar-refractivity contribution in [2.24, 2.45) is 5.41 Å². The van der Waals surface area contributed by atoms with Gasteiger partial charge in [0.1, 0.15) is 5.75 Å². The molecule has 0 atom stereocenters. The molecule has 0 amide bonds. The van der Waals surface area contributed by atoms with Gasteiger partial charge in [0.25, 0.3) is 0 Å². The van der Waals surface area contributed by atoms with Crippen molar-refractivity contribution in [2.75, 3.05) is 13.1 Å². The van der Waals surface area contributed by atoms with Crippen molar-refractivity contribution in [3.8, 4) is 5.75 Å². The molecule has 4 nitrogen and oxygen atoms in total. The second kappa shape index (κ2) is 4.55. The van der Waals surface area contributed by atoms with Gasteiger partial charge in [-0.2, -0.15) is 4.31 Å². The lowest BCUT2D eigenvalue weighted by Gasteiger charge is -2.37. The molecule has 0 radical (unpaired) electrons. The van der Waals surface area contributed by atoms with Crippen molar-refractivity contribution in [1.82, 2.24) is 4.31 Å². The number of phenolic OH excluding ortho intramolecular Hbond substituents is 1. The summed E-state index contributed by atoms with van der Waals surface area (Å²) in [5.41, 5.74) is 0.0300. The second-order valence-electron chi connectivity index (χ2n) is 5.60. The summed E-state index contributed by atoms with van der Waals surface area (Å²) < 4.78 is 26.4. The lowest BCUT2D eigenvalue weighted by atomic mass is 9.85. The molecule has 18 heavy (non-hydrogen) atoms. The summed E-state index contributed by atoms with van der Waals surface area (Å²) in [5.74, 6) is 0.0768. The third kappa shape index (κ3) is 2.67. The zero-order valence-corrected chi connectivity index (χ0v) is 11.6. The maximum absolute atomic E-state index is 12.4. The van der Waals surface area contributed by atoms with Gasteiger partial charge in [-0.1, -0.05) is 13.8 Å². The topological polar surface area (TPSA) is 57.6 Å². The summed E-state index contributed by atoms with van der Waals surface area (Å²) in [6.45, 7) is 5.31. The molecule has 1 aliphatic heterocycles. The van der Waals surface area contributed by atoms with Gasteiger partial charge in [0.15, 0.2) is 0 Å². The van der Waals surface area contributed by atoms with E-state index in [-0.39, 0.29) is 16.1 Å². The first-order valence-electron chi connectivity index (χ1n) is 6.10. The number of piperidine rings is 1. The Balaban J connectivity index is 2.28. The number of nitrogens with zero attached hydrogens (tertiary/aromatic N) is 1. The van der Waals surface area contributed by atoms with Crippen LogP contribution < -0.4 is 0 Å². The Morgan fingerprint density at radius 3 is 2.39 bits per heavy atom. The quantitative estimate of drug-likeness (QED) is 0.895. The molecule has 0 aliphatic carbocycles. The van der Waals surface area contributed by atoms with Gasteiger partial charge in [-0.25, -0.2) is 8.42 Å². The van der Waals surface area contributed by atoms with Gasteiger partial charge in [0.2, 0.25) is 10.0 Å². The normalized spacial score (nSPS) is 20.8. The number of hydrogen-bond acceptors (Lipinski definition) is 3. The summed E-state index contributed by atoms with van der Waals surface area (Å²) in [6, 6.07) is 5.71. The number of rotatable bonds is 2. The molecular formula is C13H19NO3S. The minimum atomic E-state index is -3.43. The summed E-state index contributed by atoms with van der Waals surface area (Å²) in [5, 5.41) is 9.21. The Morgan fingerprint density at radius 2 is 1.83 bits per heavy atom. The van der Waals surface area contributed by atoms with Gasteiger partial charge in [-0.15, -0.1) is 0 Å². The maximum Gasteiger partial charge on any atom is 0.243 e. The molecule has 5 heteroatoms. The van der Waals surface area contributed by atoms with Gasteiger partial charge in [0, 0.05) is 13.1 Å². The first-order chi connectivity index (χ1) is 8.31. The van der Waals surface area contributed by atoms with Crippen LogP contribution in [0.15, 0.2) is 29.2 Å². The molecule has 100 valence electrons. The Bertz CT molecular complexity index is 520. The number of benzene rings is 1. The molecule has 0 saturated carbocycles. The summed E-state index contributed by atoms with van der Waals surface area (Å²) >= 11 is 0. The van der Waals surface area contributed by atoms with Crippen LogP contribution >= 0.6 is 0 Å². The Hall–Kier alpha value is -1.07. The molecule has 2 rings (SSSR count). The molecule has 1 heterocycles. The number of hydrogen-bond donors (Lipinski definition) is 1. The van der Waals surface area contributed by atoms with Crippen molar-refractivity contribution in [3.63, 3.8) is 0 Å². The highest BCUT2D eigenvalue weighted by atomic mass is 32.2. The van der Waals surface area contributed by atoms with Crippen LogP contribution in [0.2, 0.25) is 0 Å². The molecule has 0 aromatic heterocycles. The molecule has 1 N–H and O–H groups in total. The Labute approximate surface area is 108 Å². The SMILES string of the molecule is CC1(C)CCCN(S(=O)(=O)c2ccc(O)cc2)C1. The zero-order chi connectivity index (χ0) is 13.4. The first-order valence-corrected chi connectivity index (χ1v) is 7.54. The van der Waals surface area contributed by atoms with Crippen LogP contribution in [0.5, 0.6) is 5.75 Å². The average molecular weight is 269 g/mol. The van der Waals surface area contributed by atoms with Crippen molar-refractivity contribution in [1.29, 1.82) is 0 Å². The minimum absolute atomic E-state index is 0.0300. The summed E-state index contributed by atoms with van der Waals surface area (Å²) in [4.78, 5) is 0.248. The van der Waals surface area contributed by atoms with Crippen LogP contribution in [0.1, 0.15) is 26.7 Å². The lowest BCUT2D eigenvalue weighted by Crippen LogP contribution is -2.43. The molecule has 0 spiro atoms. The predicted molar refractivity (Wildman–Crippen MR) is 69.9 cm³/mol. The fraction of sp³-hybridized carbons (Fsp3) is 0.538. The minimum Gasteiger partial charge on any atom is -0.508 e. The Kier molecular flexibility index (Phi) is 3.38. The van der Waals surface area contributed by atoms with Crippen molar-refractivity contribution >= 4 is 10.0 Å². The summed E-state index contributed by atoms with van der Waals surface area (Å²) in [7, 11) is -3.43. The fourth-order valence-corrected chi connectivity index (χ4v) is 4.01. The molecule has 1 aliphatic rings. The van der Waals surface area contributed by atoms with E-state index in [0.29, 0.717) is 13.1 Å². The first kappa shape index (κ1) is 13.4. The largest absolute Gasteiger partial charge is 0.508 e. The molecule has 0 unspecified atom stereocenters. The van der Waals surface area contributed by atoms with E-state index in [1.54, 1.807) is 4.31 Å². The van der Waals surface area contributed by atoms with Gasteiger partial charge in [0.05, 0.1) is 4.90 Å². The monoisotopic (exact) mass is 269 g/mol. The van der Waals surface area contributed by atoms with Crippen LogP contribution in [0.4, 0.5) is 0 Å². The van der Waals surface area contributed by atoms with Crippen molar-refractivity contribution < 1.29 is 13.5 Å². The molecule has 1 aromatic rings. The Morgan fingerprint density at radius 1 is 1.22 bits per heavy atom. The van der Waals surface area contributed by atoms with E-state index in [9.17, 15) is 13.5 Å². The van der Waals surface area contributed by atoms with E-state index in [4.69, 9.17) is 0 Å². The van der Waals surface area contributed by atoms with Gasteiger partial charge < -0.3 is 5.11 Å². The number of aromatic hydroxyl groups is 1. The lowest BCUT2D eigenvalue weighted by molar-refractivity contribution is 0.187. The molecule has 1 saturated heterocycles. The highest BCUT2D eigenvalue weighted by Crippen LogP contribution is 2.31. The van der Waals surface area contributed by atoms with E-state index in [1.165, 1.54) is 24.3 Å². The predicted octanol–water partition coefficient (Wildman–Crippen LogP) is 2.20. The molecular weight excluding hydrogens is 250 g/mol. The molecule has 1 fully saturated rings. The van der Waals surface area contributed by atoms with Gasteiger partial charge >= 0.3 is 0 Å². The molecule has 1 aromatic carbocycles. The average Bonchev–Trinajstić information content (AvgIpc) is 2.28. The van der Waals surface area contributed by atoms with Crippen LogP contribution in [-0.4, -0.2) is 30.9 Å². The second-order valence-corrected chi connectivity index (χ2v) is 7.54. The van der Waals surface area contributed by atoms with E-state index < -0.39 is 10.0 Å². The number of phenols is 1. The smallest absolute Gasteiger partial charge is 0.243 e. The van der Waals surface area contributed by atoms with E-state index in [0.717, 1.165) is 12.8 Å². The van der Waals surface area contributed by atoms with Crippen LogP contribution in [-0.2, 0) is 10.0 Å². The van der Waals surface area contributed by atoms with E-state index >= 15 is 0 Å².